The number of rotatable bonds is 3. The topological polar surface area (TPSA) is 35.2 Å². The highest BCUT2D eigenvalue weighted by molar-refractivity contribution is 6.42. The number of nitrogens with two attached hydrogens (primary N) is 1. The third-order valence-corrected chi connectivity index (χ3v) is 4.00. The average Bonchev–Trinajstić information content (AvgIpc) is 2.41. The minimum absolute atomic E-state index is 0.483. The molecule has 0 radical (unpaired) electrons. The molecule has 0 heterocycles. The maximum atomic E-state index is 6.45. The molecule has 0 bridgehead atoms. The van der Waals surface area contributed by atoms with Gasteiger partial charge >= 0.3 is 0 Å². The number of hydrogen-bond acceptors (Lipinski definition) is 2. The highest BCUT2D eigenvalue weighted by Gasteiger charge is 2.27. The van der Waals surface area contributed by atoms with Crippen molar-refractivity contribution in [2.45, 2.75) is 12.5 Å². The summed E-state index contributed by atoms with van der Waals surface area (Å²) in [5.41, 5.74) is 7.41. The molecule has 0 aliphatic rings. The van der Waals surface area contributed by atoms with E-state index in [1.165, 1.54) is 0 Å². The van der Waals surface area contributed by atoms with Gasteiger partial charge in [-0.1, -0.05) is 47.5 Å². The Hall–Kier alpha value is -1.22. The number of halogens is 2. The lowest BCUT2D eigenvalue weighted by atomic mass is 9.85. The maximum Gasteiger partial charge on any atom is 0.119 e. The second kappa shape index (κ2) is 5.41. The Morgan fingerprint density at radius 1 is 1.11 bits per heavy atom. The summed E-state index contributed by atoms with van der Waals surface area (Å²) in [5, 5.41) is 0.982. The van der Waals surface area contributed by atoms with Crippen LogP contribution in [-0.2, 0) is 5.54 Å². The Labute approximate surface area is 123 Å². The zero-order valence-electron chi connectivity index (χ0n) is 10.8. The molecule has 2 aromatic carbocycles. The maximum absolute atomic E-state index is 6.45. The summed E-state index contributed by atoms with van der Waals surface area (Å²) in [6, 6.07) is 13.1. The normalized spacial score (nSPS) is 13.9. The third-order valence-electron chi connectivity index (χ3n) is 3.18. The van der Waals surface area contributed by atoms with Crippen LogP contribution in [0.5, 0.6) is 5.75 Å². The molecule has 2 nitrogen and oxygen atoms in total. The van der Waals surface area contributed by atoms with Crippen LogP contribution in [0.15, 0.2) is 42.5 Å². The molecule has 0 aromatic heterocycles. The van der Waals surface area contributed by atoms with E-state index >= 15 is 0 Å². The second-order valence-corrected chi connectivity index (χ2v) is 5.32. The van der Waals surface area contributed by atoms with Gasteiger partial charge in [0.1, 0.15) is 5.75 Å². The molecule has 100 valence electrons. The number of methoxy groups -OCH3 is 1. The Bertz CT molecular complexity index is 596. The molecule has 2 N–H and O–H groups in total. The molecule has 1 unspecified atom stereocenters. The van der Waals surface area contributed by atoms with E-state index in [0.29, 0.717) is 10.0 Å². The number of ether oxygens (including phenoxy) is 1. The average molecular weight is 296 g/mol. The smallest absolute Gasteiger partial charge is 0.119 e. The lowest BCUT2D eigenvalue weighted by molar-refractivity contribution is 0.413. The minimum atomic E-state index is -0.740. The fraction of sp³-hybridized carbons (Fsp3) is 0.200. The molecule has 0 saturated heterocycles. The lowest BCUT2D eigenvalue weighted by Gasteiger charge is -2.27. The van der Waals surface area contributed by atoms with E-state index in [0.717, 1.165) is 16.9 Å². The first kappa shape index (κ1) is 14.2. The van der Waals surface area contributed by atoms with Gasteiger partial charge in [0, 0.05) is 0 Å². The van der Waals surface area contributed by atoms with Crippen LogP contribution in [0.2, 0.25) is 10.0 Å². The zero-order valence-corrected chi connectivity index (χ0v) is 12.3. The molecule has 0 amide bonds. The number of hydrogen-bond donors (Lipinski definition) is 1. The van der Waals surface area contributed by atoms with E-state index in [1.54, 1.807) is 13.2 Å². The van der Waals surface area contributed by atoms with E-state index in [1.807, 2.05) is 43.3 Å². The van der Waals surface area contributed by atoms with Crippen molar-refractivity contribution in [3.05, 3.63) is 63.6 Å². The summed E-state index contributed by atoms with van der Waals surface area (Å²) in [7, 11) is 1.62. The minimum Gasteiger partial charge on any atom is -0.497 e. The van der Waals surface area contributed by atoms with Crippen molar-refractivity contribution in [3.63, 3.8) is 0 Å². The van der Waals surface area contributed by atoms with Crippen LogP contribution < -0.4 is 10.5 Å². The standard InChI is InChI=1S/C15H15Cl2NO/c1-15(18,10-5-3-6-11(9-10)19-2)12-7-4-8-13(16)14(12)17/h3-9H,18H2,1-2H3. The van der Waals surface area contributed by atoms with Gasteiger partial charge in [-0.05, 0) is 36.2 Å². The van der Waals surface area contributed by atoms with Crippen LogP contribution in [0.25, 0.3) is 0 Å². The third kappa shape index (κ3) is 2.71. The Kier molecular flexibility index (Phi) is 4.04. The van der Waals surface area contributed by atoms with Crippen molar-refractivity contribution in [1.82, 2.24) is 0 Å². The highest BCUT2D eigenvalue weighted by Crippen LogP contribution is 2.36. The van der Waals surface area contributed by atoms with Crippen LogP contribution in [0, 0.1) is 0 Å². The van der Waals surface area contributed by atoms with Gasteiger partial charge in [0.15, 0.2) is 0 Å². The van der Waals surface area contributed by atoms with Gasteiger partial charge in [-0.25, -0.2) is 0 Å². The van der Waals surface area contributed by atoms with Crippen LogP contribution >= 0.6 is 23.2 Å². The van der Waals surface area contributed by atoms with Gasteiger partial charge in [0.05, 0.1) is 22.7 Å². The first-order valence-corrected chi connectivity index (χ1v) is 6.60. The predicted octanol–water partition coefficient (Wildman–Crippen LogP) is 4.22. The lowest BCUT2D eigenvalue weighted by Crippen LogP contribution is -2.34. The SMILES string of the molecule is COc1cccc(C(C)(N)c2cccc(Cl)c2Cl)c1. The quantitative estimate of drug-likeness (QED) is 0.920. The largest absolute Gasteiger partial charge is 0.497 e. The zero-order chi connectivity index (χ0) is 14.0. The Balaban J connectivity index is 2.54. The molecular formula is C15H15Cl2NO. The summed E-state index contributed by atoms with van der Waals surface area (Å²) in [4.78, 5) is 0. The van der Waals surface area contributed by atoms with Crippen molar-refractivity contribution >= 4 is 23.2 Å². The summed E-state index contributed by atoms with van der Waals surface area (Å²) in [5.74, 6) is 0.757. The van der Waals surface area contributed by atoms with Gasteiger partial charge in [0.25, 0.3) is 0 Å². The van der Waals surface area contributed by atoms with Gasteiger partial charge in [0.2, 0.25) is 0 Å². The Morgan fingerprint density at radius 2 is 1.79 bits per heavy atom. The van der Waals surface area contributed by atoms with Crippen molar-refractivity contribution < 1.29 is 4.74 Å². The summed E-state index contributed by atoms with van der Waals surface area (Å²) >= 11 is 12.3. The molecule has 2 rings (SSSR count). The summed E-state index contributed by atoms with van der Waals surface area (Å²) < 4.78 is 5.23. The van der Waals surface area contributed by atoms with Crippen molar-refractivity contribution in [1.29, 1.82) is 0 Å². The van der Waals surface area contributed by atoms with Crippen LogP contribution in [-0.4, -0.2) is 7.11 Å². The first-order valence-electron chi connectivity index (χ1n) is 5.84. The van der Waals surface area contributed by atoms with Crippen molar-refractivity contribution in [2.75, 3.05) is 7.11 Å². The van der Waals surface area contributed by atoms with E-state index in [-0.39, 0.29) is 0 Å². The summed E-state index contributed by atoms with van der Waals surface area (Å²) in [6.45, 7) is 1.90. The molecule has 0 saturated carbocycles. The molecule has 4 heteroatoms. The number of benzene rings is 2. The molecule has 0 aliphatic carbocycles. The van der Waals surface area contributed by atoms with E-state index in [9.17, 15) is 0 Å². The predicted molar refractivity (Wildman–Crippen MR) is 80.1 cm³/mol. The van der Waals surface area contributed by atoms with E-state index in [4.69, 9.17) is 33.7 Å². The molecule has 2 aromatic rings. The van der Waals surface area contributed by atoms with Crippen LogP contribution in [0.1, 0.15) is 18.1 Å². The second-order valence-electron chi connectivity index (χ2n) is 4.54. The van der Waals surface area contributed by atoms with Crippen molar-refractivity contribution in [2.24, 2.45) is 5.73 Å². The fourth-order valence-electron chi connectivity index (χ4n) is 2.01. The molecule has 19 heavy (non-hydrogen) atoms. The Morgan fingerprint density at radius 3 is 2.47 bits per heavy atom. The van der Waals surface area contributed by atoms with E-state index in [2.05, 4.69) is 0 Å². The van der Waals surface area contributed by atoms with Gasteiger partial charge in [-0.3, -0.25) is 0 Å². The summed E-state index contributed by atoms with van der Waals surface area (Å²) in [6.07, 6.45) is 0. The molecule has 1 atom stereocenters. The molecule has 0 aliphatic heterocycles. The first-order chi connectivity index (χ1) is 8.96. The fourth-order valence-corrected chi connectivity index (χ4v) is 2.50. The van der Waals surface area contributed by atoms with Gasteiger partial charge in [-0.15, -0.1) is 0 Å². The van der Waals surface area contributed by atoms with Gasteiger partial charge < -0.3 is 10.5 Å². The van der Waals surface area contributed by atoms with E-state index < -0.39 is 5.54 Å². The van der Waals surface area contributed by atoms with Crippen molar-refractivity contribution in [3.8, 4) is 5.75 Å². The van der Waals surface area contributed by atoms with Crippen LogP contribution in [0.4, 0.5) is 0 Å². The highest BCUT2D eigenvalue weighted by atomic mass is 35.5. The molecule has 0 fully saturated rings. The van der Waals surface area contributed by atoms with Crippen LogP contribution in [0.3, 0.4) is 0 Å². The molecule has 0 spiro atoms. The van der Waals surface area contributed by atoms with Gasteiger partial charge in [-0.2, -0.15) is 0 Å². The molecular weight excluding hydrogens is 281 g/mol. The monoisotopic (exact) mass is 295 g/mol.